The summed E-state index contributed by atoms with van der Waals surface area (Å²) in [6.07, 6.45) is 0.952. The maximum Gasteiger partial charge on any atom is 0.240 e. The molecule has 144 valence electrons. The highest BCUT2D eigenvalue weighted by Gasteiger charge is 2.29. The van der Waals surface area contributed by atoms with Gasteiger partial charge in [0, 0.05) is 6.54 Å². The van der Waals surface area contributed by atoms with Crippen LogP contribution in [-0.4, -0.2) is 28.9 Å². The summed E-state index contributed by atoms with van der Waals surface area (Å²) in [5.74, 6) is -0.0237. The van der Waals surface area contributed by atoms with Crippen LogP contribution >= 0.6 is 11.3 Å². The van der Waals surface area contributed by atoms with Gasteiger partial charge in [0.1, 0.15) is 0 Å². The largest absolute Gasteiger partial charge is 0.301 e. The number of rotatable bonds is 4. The highest BCUT2D eigenvalue weighted by atomic mass is 32.1. The van der Waals surface area contributed by atoms with Gasteiger partial charge in [0.25, 0.3) is 0 Å². The Morgan fingerprint density at radius 3 is 2.62 bits per heavy atom. The molecule has 4 nitrogen and oxygen atoms in total. The molecule has 0 saturated carbocycles. The van der Waals surface area contributed by atoms with E-state index in [4.69, 9.17) is 0 Å². The number of carbonyl (C=O) groups is 1. The van der Waals surface area contributed by atoms with Crippen molar-refractivity contribution in [2.45, 2.75) is 12.5 Å². The van der Waals surface area contributed by atoms with Crippen molar-refractivity contribution in [2.24, 2.45) is 0 Å². The van der Waals surface area contributed by atoms with Crippen LogP contribution in [0.3, 0.4) is 0 Å². The van der Waals surface area contributed by atoms with Gasteiger partial charge in [-0.15, -0.1) is 0 Å². The van der Waals surface area contributed by atoms with E-state index in [1.54, 1.807) is 0 Å². The molecule has 5 heteroatoms. The zero-order valence-corrected chi connectivity index (χ0v) is 16.7. The maximum atomic E-state index is 12.9. The Kier molecular flexibility index (Phi) is 4.84. The summed E-state index contributed by atoms with van der Waals surface area (Å²) in [7, 11) is 0. The minimum atomic E-state index is -0.0237. The number of fused-ring (bicyclic) bond motifs is 2. The van der Waals surface area contributed by atoms with Gasteiger partial charge in [0.15, 0.2) is 5.13 Å². The van der Waals surface area contributed by atoms with Gasteiger partial charge in [-0.1, -0.05) is 78.1 Å². The summed E-state index contributed by atoms with van der Waals surface area (Å²) in [6, 6.07) is 27.0. The third kappa shape index (κ3) is 3.67. The Balaban J connectivity index is 1.39. The second kappa shape index (κ2) is 7.78. The molecule has 2 heterocycles. The van der Waals surface area contributed by atoms with Crippen molar-refractivity contribution in [3.05, 3.63) is 95.6 Å². The van der Waals surface area contributed by atoms with Crippen molar-refractivity contribution in [3.63, 3.8) is 0 Å². The fourth-order valence-corrected chi connectivity index (χ4v) is 4.97. The van der Waals surface area contributed by atoms with Crippen molar-refractivity contribution in [1.29, 1.82) is 0 Å². The minimum Gasteiger partial charge on any atom is -0.301 e. The Labute approximate surface area is 173 Å². The average molecular weight is 400 g/mol. The Morgan fingerprint density at radius 1 is 1.00 bits per heavy atom. The molecule has 0 unspecified atom stereocenters. The molecule has 29 heavy (non-hydrogen) atoms. The highest BCUT2D eigenvalue weighted by molar-refractivity contribution is 7.22. The lowest BCUT2D eigenvalue weighted by Crippen LogP contribution is -2.41. The molecule has 1 aromatic heterocycles. The number of benzene rings is 3. The van der Waals surface area contributed by atoms with Gasteiger partial charge in [-0.05, 0) is 35.2 Å². The molecule has 3 aromatic carbocycles. The van der Waals surface area contributed by atoms with Crippen molar-refractivity contribution >= 4 is 32.6 Å². The zero-order valence-electron chi connectivity index (χ0n) is 15.9. The molecule has 0 spiro atoms. The van der Waals surface area contributed by atoms with Crippen molar-refractivity contribution < 1.29 is 4.79 Å². The fraction of sp³-hybridized carbons (Fsp3) is 0.167. The second-order valence-corrected chi connectivity index (χ2v) is 8.30. The smallest absolute Gasteiger partial charge is 0.240 e. The van der Waals surface area contributed by atoms with Crippen LogP contribution in [0.15, 0.2) is 78.9 Å². The van der Waals surface area contributed by atoms with Crippen LogP contribution in [0, 0.1) is 0 Å². The van der Waals surface area contributed by atoms with Crippen molar-refractivity contribution in [2.75, 3.05) is 18.4 Å². The molecule has 0 fully saturated rings. The number of aromatic nitrogens is 1. The lowest BCUT2D eigenvalue weighted by Gasteiger charge is -2.37. The standard InChI is InChI=1S/C24H21N3OS/c28-22(26-24-25-20-12-6-7-13-21(20)29-24)16-27-15-14-17-8-4-5-11-19(17)23(27)18-9-2-1-3-10-18/h1-13,23H,14-16H2,(H,25,26,28)/t23-/m1/s1. The van der Waals surface area contributed by atoms with Gasteiger partial charge in [0.05, 0.1) is 22.8 Å². The molecular formula is C24H21N3OS. The van der Waals surface area contributed by atoms with Crippen LogP contribution in [0.5, 0.6) is 0 Å². The first kappa shape index (κ1) is 18.0. The number of thiazole rings is 1. The van der Waals surface area contributed by atoms with Crippen molar-refractivity contribution in [3.8, 4) is 0 Å². The van der Waals surface area contributed by atoms with Gasteiger partial charge >= 0.3 is 0 Å². The summed E-state index contributed by atoms with van der Waals surface area (Å²) in [5.41, 5.74) is 4.79. The Morgan fingerprint density at radius 2 is 1.76 bits per heavy atom. The molecule has 1 atom stereocenters. The Bertz CT molecular complexity index is 1120. The summed E-state index contributed by atoms with van der Waals surface area (Å²) < 4.78 is 1.08. The van der Waals surface area contributed by atoms with E-state index < -0.39 is 0 Å². The van der Waals surface area contributed by atoms with Crippen LogP contribution in [0.25, 0.3) is 10.2 Å². The first-order chi connectivity index (χ1) is 14.3. The predicted octanol–water partition coefficient (Wildman–Crippen LogP) is 4.88. The van der Waals surface area contributed by atoms with Crippen LogP contribution in [0.2, 0.25) is 0 Å². The lowest BCUT2D eigenvalue weighted by molar-refractivity contribution is -0.117. The highest BCUT2D eigenvalue weighted by Crippen LogP contribution is 2.35. The van der Waals surface area contributed by atoms with E-state index in [0.29, 0.717) is 11.7 Å². The van der Waals surface area contributed by atoms with Gasteiger partial charge in [-0.2, -0.15) is 0 Å². The molecule has 0 bridgehead atoms. The van der Waals surface area contributed by atoms with Gasteiger partial charge in [-0.3, -0.25) is 9.69 Å². The second-order valence-electron chi connectivity index (χ2n) is 7.27. The number of anilines is 1. The molecule has 0 aliphatic carbocycles. The number of hydrogen-bond acceptors (Lipinski definition) is 4. The van der Waals surface area contributed by atoms with Crippen LogP contribution in [0.4, 0.5) is 5.13 Å². The van der Waals surface area contributed by atoms with Crippen LogP contribution < -0.4 is 5.32 Å². The molecular weight excluding hydrogens is 378 g/mol. The first-order valence-electron chi connectivity index (χ1n) is 9.80. The maximum absolute atomic E-state index is 12.9. The summed E-state index contributed by atoms with van der Waals surface area (Å²) in [4.78, 5) is 19.7. The van der Waals surface area contributed by atoms with E-state index in [2.05, 4.69) is 63.7 Å². The van der Waals surface area contributed by atoms with E-state index in [0.717, 1.165) is 23.2 Å². The monoisotopic (exact) mass is 399 g/mol. The van der Waals surface area contributed by atoms with Gasteiger partial charge < -0.3 is 5.32 Å². The number of amides is 1. The normalized spacial score (nSPS) is 16.5. The molecule has 0 saturated heterocycles. The van der Waals surface area contributed by atoms with E-state index >= 15 is 0 Å². The summed E-state index contributed by atoms with van der Waals surface area (Å²) >= 11 is 1.51. The fourth-order valence-electron chi connectivity index (χ4n) is 4.08. The molecule has 0 radical (unpaired) electrons. The number of hydrogen-bond donors (Lipinski definition) is 1. The first-order valence-corrected chi connectivity index (χ1v) is 10.6. The van der Waals surface area contributed by atoms with Gasteiger partial charge in [-0.25, -0.2) is 4.98 Å². The SMILES string of the molecule is O=C(CN1CCc2ccccc2[C@H]1c1ccccc1)Nc1nc2ccccc2s1. The Hall–Kier alpha value is -3.02. The van der Waals surface area contributed by atoms with E-state index in [-0.39, 0.29) is 11.9 Å². The third-order valence-electron chi connectivity index (χ3n) is 5.39. The van der Waals surface area contributed by atoms with E-state index in [1.165, 1.54) is 28.0 Å². The number of nitrogens with zero attached hydrogens (tertiary/aromatic N) is 2. The molecule has 4 aromatic rings. The number of carbonyl (C=O) groups excluding carboxylic acids is 1. The van der Waals surface area contributed by atoms with Crippen LogP contribution in [0.1, 0.15) is 22.7 Å². The molecule has 1 aliphatic rings. The number of nitrogens with one attached hydrogen (secondary N) is 1. The van der Waals surface area contributed by atoms with E-state index in [1.807, 2.05) is 30.3 Å². The summed E-state index contributed by atoms with van der Waals surface area (Å²) in [6.45, 7) is 1.19. The van der Waals surface area contributed by atoms with Gasteiger partial charge in [0.2, 0.25) is 5.91 Å². The third-order valence-corrected chi connectivity index (χ3v) is 6.34. The van der Waals surface area contributed by atoms with Crippen LogP contribution in [-0.2, 0) is 11.2 Å². The molecule has 1 N–H and O–H groups in total. The van der Waals surface area contributed by atoms with E-state index in [9.17, 15) is 4.79 Å². The molecule has 5 rings (SSSR count). The van der Waals surface area contributed by atoms with Crippen molar-refractivity contribution in [1.82, 2.24) is 9.88 Å². The molecule has 1 aliphatic heterocycles. The zero-order chi connectivity index (χ0) is 19.6. The average Bonchev–Trinajstić information content (AvgIpc) is 3.16. The minimum absolute atomic E-state index is 0.0237. The summed E-state index contributed by atoms with van der Waals surface area (Å²) in [5, 5.41) is 3.66. The molecule has 1 amide bonds. The number of para-hydroxylation sites is 1. The predicted molar refractivity (Wildman–Crippen MR) is 118 cm³/mol. The lowest BCUT2D eigenvalue weighted by atomic mass is 9.88. The topological polar surface area (TPSA) is 45.2 Å². The quantitative estimate of drug-likeness (QED) is 0.532.